The van der Waals surface area contributed by atoms with Crippen LogP contribution >= 0.6 is 0 Å². The molecular weight excluding hydrogens is 310 g/mol. The molecule has 2 heterocycles. The van der Waals surface area contributed by atoms with Gasteiger partial charge in [0, 0.05) is 25.2 Å². The van der Waals surface area contributed by atoms with Crippen molar-refractivity contribution >= 4 is 6.08 Å². The lowest BCUT2D eigenvalue weighted by atomic mass is 9.97. The second-order valence-corrected chi connectivity index (χ2v) is 7.25. The van der Waals surface area contributed by atoms with E-state index in [1.165, 1.54) is 29.7 Å². The van der Waals surface area contributed by atoms with Crippen molar-refractivity contribution < 1.29 is 5.11 Å². The first-order valence-electron chi connectivity index (χ1n) is 9.26. The second kappa shape index (κ2) is 8.45. The second-order valence-electron chi connectivity index (χ2n) is 7.25. The molecule has 3 rings (SSSR count). The Morgan fingerprint density at radius 1 is 1.28 bits per heavy atom. The molecule has 1 N–H and O–H groups in total. The number of benzene rings is 1. The van der Waals surface area contributed by atoms with Crippen LogP contribution in [0.15, 0.2) is 42.2 Å². The monoisotopic (exact) mass is 339 g/mol. The van der Waals surface area contributed by atoms with Crippen LogP contribution in [-0.4, -0.2) is 45.8 Å². The Labute approximate surface area is 150 Å². The van der Waals surface area contributed by atoms with Crippen molar-refractivity contribution in [2.75, 3.05) is 26.2 Å². The van der Waals surface area contributed by atoms with Crippen LogP contribution in [0, 0.1) is 5.92 Å². The Morgan fingerprint density at radius 2 is 2.08 bits per heavy atom. The molecule has 0 radical (unpaired) electrons. The van der Waals surface area contributed by atoms with Crippen molar-refractivity contribution in [3.63, 3.8) is 0 Å². The number of aliphatic hydroxyl groups excluding tert-OH is 1. The van der Waals surface area contributed by atoms with Gasteiger partial charge in [0.1, 0.15) is 0 Å². The molecule has 0 bridgehead atoms. The molecule has 0 amide bonds. The maximum Gasteiger partial charge on any atom is 0.0958 e. The number of hydrogen-bond acceptors (Lipinski definition) is 3. The number of allylic oxidation sites excluding steroid dienone is 1. The first-order chi connectivity index (χ1) is 12.2. The third-order valence-electron chi connectivity index (χ3n) is 4.83. The number of likely N-dealkylation sites (tertiary alicyclic amines) is 1. The van der Waals surface area contributed by atoms with E-state index in [1.54, 1.807) is 0 Å². The van der Waals surface area contributed by atoms with Gasteiger partial charge in [-0.15, -0.1) is 0 Å². The Morgan fingerprint density at radius 3 is 2.80 bits per heavy atom. The van der Waals surface area contributed by atoms with E-state index in [1.807, 2.05) is 12.4 Å². The lowest BCUT2D eigenvalue weighted by Crippen LogP contribution is -2.38. The van der Waals surface area contributed by atoms with Crippen molar-refractivity contribution in [3.05, 3.63) is 47.9 Å². The SMILES string of the molecule is CC(C)=Cc1c(-c2ccccc2)ncn1C[C@@H]1CCCN(CCO)C1. The molecule has 1 atom stereocenters. The summed E-state index contributed by atoms with van der Waals surface area (Å²) in [4.78, 5) is 7.10. The molecule has 4 heteroatoms. The molecule has 4 nitrogen and oxygen atoms in total. The summed E-state index contributed by atoms with van der Waals surface area (Å²) in [5.41, 5.74) is 4.71. The molecule has 25 heavy (non-hydrogen) atoms. The summed E-state index contributed by atoms with van der Waals surface area (Å²) in [5, 5.41) is 9.20. The van der Waals surface area contributed by atoms with E-state index >= 15 is 0 Å². The van der Waals surface area contributed by atoms with Crippen LogP contribution in [0.1, 0.15) is 32.4 Å². The average Bonchev–Trinajstić information content (AvgIpc) is 2.98. The van der Waals surface area contributed by atoms with Crippen molar-refractivity contribution in [1.29, 1.82) is 0 Å². The molecule has 0 spiro atoms. The average molecular weight is 339 g/mol. The van der Waals surface area contributed by atoms with Crippen LogP contribution in [0.4, 0.5) is 0 Å². The van der Waals surface area contributed by atoms with Crippen molar-refractivity contribution in [1.82, 2.24) is 14.5 Å². The Kier molecular flexibility index (Phi) is 6.05. The van der Waals surface area contributed by atoms with Crippen LogP contribution < -0.4 is 0 Å². The molecule has 2 aromatic rings. The number of piperidine rings is 1. The van der Waals surface area contributed by atoms with Crippen LogP contribution in [0.5, 0.6) is 0 Å². The zero-order chi connectivity index (χ0) is 17.6. The fourth-order valence-electron chi connectivity index (χ4n) is 3.70. The van der Waals surface area contributed by atoms with Gasteiger partial charge in [-0.3, -0.25) is 0 Å². The van der Waals surface area contributed by atoms with Gasteiger partial charge in [-0.1, -0.05) is 35.9 Å². The fourth-order valence-corrected chi connectivity index (χ4v) is 3.70. The highest BCUT2D eigenvalue weighted by atomic mass is 16.3. The lowest BCUT2D eigenvalue weighted by molar-refractivity contribution is 0.132. The van der Waals surface area contributed by atoms with Gasteiger partial charge in [0.25, 0.3) is 0 Å². The van der Waals surface area contributed by atoms with Crippen molar-refractivity contribution in [2.24, 2.45) is 5.92 Å². The lowest BCUT2D eigenvalue weighted by Gasteiger charge is -2.32. The smallest absolute Gasteiger partial charge is 0.0958 e. The third kappa shape index (κ3) is 4.59. The number of aliphatic hydroxyl groups is 1. The van der Waals surface area contributed by atoms with E-state index in [0.29, 0.717) is 5.92 Å². The van der Waals surface area contributed by atoms with E-state index in [4.69, 9.17) is 4.98 Å². The number of nitrogens with zero attached hydrogens (tertiary/aromatic N) is 3. The minimum atomic E-state index is 0.249. The summed E-state index contributed by atoms with van der Waals surface area (Å²) >= 11 is 0. The van der Waals surface area contributed by atoms with Crippen LogP contribution in [-0.2, 0) is 6.54 Å². The summed E-state index contributed by atoms with van der Waals surface area (Å²) in [6, 6.07) is 10.4. The van der Waals surface area contributed by atoms with Crippen LogP contribution in [0.25, 0.3) is 17.3 Å². The minimum Gasteiger partial charge on any atom is -0.395 e. The standard InChI is InChI=1S/C21H29N3O/c1-17(2)13-20-21(19-8-4-3-5-9-19)22-16-24(20)15-18-7-6-10-23(14-18)11-12-25/h3-5,8-9,13,16,18,25H,6-7,10-12,14-15H2,1-2H3/t18-/m1/s1. The Hall–Kier alpha value is -1.91. The highest BCUT2D eigenvalue weighted by Crippen LogP contribution is 2.26. The van der Waals surface area contributed by atoms with E-state index in [0.717, 1.165) is 31.9 Å². The third-order valence-corrected chi connectivity index (χ3v) is 4.83. The normalized spacial score (nSPS) is 18.3. The van der Waals surface area contributed by atoms with E-state index < -0.39 is 0 Å². The Balaban J connectivity index is 1.84. The highest BCUT2D eigenvalue weighted by Gasteiger charge is 2.21. The van der Waals surface area contributed by atoms with Gasteiger partial charge >= 0.3 is 0 Å². The number of rotatable bonds is 6. The fraction of sp³-hybridized carbons (Fsp3) is 0.476. The van der Waals surface area contributed by atoms with Gasteiger partial charge in [0.2, 0.25) is 0 Å². The van der Waals surface area contributed by atoms with Crippen molar-refractivity contribution in [3.8, 4) is 11.3 Å². The molecule has 1 fully saturated rings. The molecule has 1 aromatic carbocycles. The molecule has 1 aliphatic rings. The largest absolute Gasteiger partial charge is 0.395 e. The van der Waals surface area contributed by atoms with Gasteiger partial charge in [0.15, 0.2) is 0 Å². The molecule has 1 saturated heterocycles. The number of β-amino-alcohol motifs (C(OH)–C–C–N with tert-alkyl or cyclic N) is 1. The zero-order valence-electron chi connectivity index (χ0n) is 15.4. The van der Waals surface area contributed by atoms with Gasteiger partial charge in [-0.2, -0.15) is 0 Å². The number of hydrogen-bond donors (Lipinski definition) is 1. The van der Waals surface area contributed by atoms with Gasteiger partial charge in [-0.05, 0) is 45.2 Å². The summed E-state index contributed by atoms with van der Waals surface area (Å²) in [7, 11) is 0. The number of imidazole rings is 1. The highest BCUT2D eigenvalue weighted by molar-refractivity contribution is 5.70. The van der Waals surface area contributed by atoms with E-state index in [-0.39, 0.29) is 6.61 Å². The van der Waals surface area contributed by atoms with Crippen LogP contribution in [0.3, 0.4) is 0 Å². The van der Waals surface area contributed by atoms with Gasteiger partial charge in [-0.25, -0.2) is 4.98 Å². The van der Waals surface area contributed by atoms with Gasteiger partial charge in [0.05, 0.1) is 24.3 Å². The summed E-state index contributed by atoms with van der Waals surface area (Å²) in [5.74, 6) is 0.613. The van der Waals surface area contributed by atoms with Gasteiger partial charge < -0.3 is 14.6 Å². The predicted octanol–water partition coefficient (Wildman–Crippen LogP) is 3.68. The van der Waals surface area contributed by atoms with Crippen LogP contribution in [0.2, 0.25) is 0 Å². The predicted molar refractivity (Wildman–Crippen MR) is 103 cm³/mol. The molecule has 0 saturated carbocycles. The summed E-state index contributed by atoms with van der Waals surface area (Å²) in [6.45, 7) is 8.46. The van der Waals surface area contributed by atoms with E-state index in [2.05, 4.69) is 53.7 Å². The molecule has 134 valence electrons. The molecule has 1 aliphatic heterocycles. The van der Waals surface area contributed by atoms with Crippen molar-refractivity contribution in [2.45, 2.75) is 33.2 Å². The minimum absolute atomic E-state index is 0.249. The summed E-state index contributed by atoms with van der Waals surface area (Å²) < 4.78 is 2.31. The zero-order valence-corrected chi connectivity index (χ0v) is 15.4. The summed E-state index contributed by atoms with van der Waals surface area (Å²) in [6.07, 6.45) is 6.68. The topological polar surface area (TPSA) is 41.3 Å². The first kappa shape index (κ1) is 17.9. The molecule has 1 aromatic heterocycles. The quantitative estimate of drug-likeness (QED) is 0.873. The molecule has 0 aliphatic carbocycles. The maximum atomic E-state index is 9.20. The van der Waals surface area contributed by atoms with E-state index in [9.17, 15) is 5.11 Å². The number of aromatic nitrogens is 2. The Bertz CT molecular complexity index is 699. The molecular formula is C21H29N3O. The maximum absolute atomic E-state index is 9.20. The first-order valence-corrected chi connectivity index (χ1v) is 9.26. The molecule has 0 unspecified atom stereocenters.